The summed E-state index contributed by atoms with van der Waals surface area (Å²) in [5.41, 5.74) is 1.91. The maximum Gasteiger partial charge on any atom is 0.237 e. The Labute approximate surface area is 145 Å². The minimum Gasteiger partial charge on any atom is -0.469 e. The van der Waals surface area contributed by atoms with Crippen LogP contribution in [0.1, 0.15) is 11.7 Å². The van der Waals surface area contributed by atoms with Crippen LogP contribution >= 0.6 is 23.1 Å². The predicted molar refractivity (Wildman–Crippen MR) is 90.6 cm³/mol. The lowest BCUT2D eigenvalue weighted by atomic mass is 10.2. The molecule has 0 fully saturated rings. The van der Waals surface area contributed by atoms with Gasteiger partial charge in [-0.2, -0.15) is 16.3 Å². The van der Waals surface area contributed by atoms with Crippen LogP contribution in [0.4, 0.5) is 0 Å². The van der Waals surface area contributed by atoms with E-state index in [0.29, 0.717) is 17.5 Å². The van der Waals surface area contributed by atoms with Gasteiger partial charge >= 0.3 is 0 Å². The Morgan fingerprint density at radius 2 is 2.21 bits per heavy atom. The summed E-state index contributed by atoms with van der Waals surface area (Å²) in [4.78, 5) is 4.40. The summed E-state index contributed by atoms with van der Waals surface area (Å²) in [6.45, 7) is 1.90. The van der Waals surface area contributed by atoms with Gasteiger partial charge in [0.2, 0.25) is 11.7 Å². The molecule has 0 aromatic carbocycles. The highest BCUT2D eigenvalue weighted by atomic mass is 32.2. The van der Waals surface area contributed by atoms with E-state index in [9.17, 15) is 0 Å². The largest absolute Gasteiger partial charge is 0.469 e. The lowest BCUT2D eigenvalue weighted by Gasteiger charge is -2.01. The minimum atomic E-state index is 0.535. The van der Waals surface area contributed by atoms with E-state index in [1.54, 1.807) is 17.6 Å². The van der Waals surface area contributed by atoms with Gasteiger partial charge in [-0.05, 0) is 24.4 Å². The molecule has 0 unspecified atom stereocenters. The van der Waals surface area contributed by atoms with Gasteiger partial charge in [0.05, 0.1) is 17.6 Å². The average molecular weight is 359 g/mol. The van der Waals surface area contributed by atoms with E-state index in [1.807, 2.05) is 41.4 Å². The molecule has 0 spiro atoms. The molecule has 0 amide bonds. The fourth-order valence-electron chi connectivity index (χ4n) is 2.24. The molecule has 0 saturated heterocycles. The Morgan fingerprint density at radius 3 is 2.96 bits per heavy atom. The molecule has 24 heavy (non-hydrogen) atoms. The number of aromatic nitrogens is 5. The van der Waals surface area contributed by atoms with Gasteiger partial charge in [-0.15, -0.1) is 10.2 Å². The molecule has 0 bridgehead atoms. The lowest BCUT2D eigenvalue weighted by Crippen LogP contribution is -1.95. The molecule has 0 aliphatic heterocycles. The van der Waals surface area contributed by atoms with E-state index < -0.39 is 0 Å². The molecule has 4 aromatic heterocycles. The van der Waals surface area contributed by atoms with Gasteiger partial charge in [0.15, 0.2) is 11.0 Å². The van der Waals surface area contributed by atoms with Gasteiger partial charge in [0.25, 0.3) is 0 Å². The van der Waals surface area contributed by atoms with E-state index in [2.05, 4.69) is 20.3 Å². The van der Waals surface area contributed by atoms with Crippen molar-refractivity contribution in [3.63, 3.8) is 0 Å². The van der Waals surface area contributed by atoms with Crippen molar-refractivity contribution >= 4 is 23.1 Å². The number of hydrogen-bond donors (Lipinski definition) is 0. The third-order valence-corrected chi connectivity index (χ3v) is 5.20. The maximum atomic E-state index is 5.33. The molecule has 4 heterocycles. The molecule has 0 aliphatic rings. The highest BCUT2D eigenvalue weighted by Gasteiger charge is 2.16. The summed E-state index contributed by atoms with van der Waals surface area (Å²) >= 11 is 3.10. The first-order valence-corrected chi connectivity index (χ1v) is 9.07. The van der Waals surface area contributed by atoms with Crippen molar-refractivity contribution in [1.29, 1.82) is 0 Å². The third-order valence-electron chi connectivity index (χ3n) is 3.51. The zero-order valence-electron chi connectivity index (χ0n) is 13.0. The SMILES string of the molecule is Cc1occc1-c1nnc(SCc2nc(-c3ccsc3)no2)n1C. The second-order valence-electron chi connectivity index (χ2n) is 5.07. The van der Waals surface area contributed by atoms with Gasteiger partial charge in [-0.3, -0.25) is 0 Å². The van der Waals surface area contributed by atoms with Crippen molar-refractivity contribution in [3.8, 4) is 22.8 Å². The second kappa shape index (κ2) is 6.25. The van der Waals surface area contributed by atoms with E-state index in [4.69, 9.17) is 8.94 Å². The summed E-state index contributed by atoms with van der Waals surface area (Å²) in [6.07, 6.45) is 1.65. The molecule has 0 atom stereocenters. The summed E-state index contributed by atoms with van der Waals surface area (Å²) in [7, 11) is 1.93. The predicted octanol–water partition coefficient (Wildman–Crippen LogP) is 3.79. The Balaban J connectivity index is 1.49. The van der Waals surface area contributed by atoms with Gasteiger partial charge < -0.3 is 13.5 Å². The van der Waals surface area contributed by atoms with Gasteiger partial charge in [0, 0.05) is 18.0 Å². The van der Waals surface area contributed by atoms with Crippen molar-refractivity contribution in [2.24, 2.45) is 7.05 Å². The first-order chi connectivity index (χ1) is 11.7. The van der Waals surface area contributed by atoms with Crippen LogP contribution in [0.15, 0.2) is 43.3 Å². The zero-order valence-corrected chi connectivity index (χ0v) is 14.6. The number of aryl methyl sites for hydroxylation is 1. The maximum absolute atomic E-state index is 5.33. The van der Waals surface area contributed by atoms with E-state index in [0.717, 1.165) is 27.9 Å². The molecular formula is C15H13N5O2S2. The van der Waals surface area contributed by atoms with Crippen molar-refractivity contribution in [3.05, 3.63) is 40.8 Å². The van der Waals surface area contributed by atoms with Crippen molar-refractivity contribution in [2.45, 2.75) is 17.8 Å². The smallest absolute Gasteiger partial charge is 0.237 e. The van der Waals surface area contributed by atoms with E-state index in [1.165, 1.54) is 11.8 Å². The van der Waals surface area contributed by atoms with Crippen LogP contribution in [-0.4, -0.2) is 24.9 Å². The highest BCUT2D eigenvalue weighted by molar-refractivity contribution is 7.98. The number of hydrogen-bond acceptors (Lipinski definition) is 8. The molecule has 0 radical (unpaired) electrons. The first kappa shape index (κ1) is 15.2. The molecule has 4 aromatic rings. The first-order valence-electron chi connectivity index (χ1n) is 7.14. The molecule has 0 saturated carbocycles. The van der Waals surface area contributed by atoms with Gasteiger partial charge in [0.1, 0.15) is 5.76 Å². The van der Waals surface area contributed by atoms with Crippen molar-refractivity contribution in [2.75, 3.05) is 0 Å². The van der Waals surface area contributed by atoms with E-state index in [-0.39, 0.29) is 0 Å². The summed E-state index contributed by atoms with van der Waals surface area (Å²) in [5, 5.41) is 17.2. The highest BCUT2D eigenvalue weighted by Crippen LogP contribution is 2.27. The van der Waals surface area contributed by atoms with Crippen LogP contribution in [0.25, 0.3) is 22.8 Å². The van der Waals surface area contributed by atoms with Crippen LogP contribution in [0.3, 0.4) is 0 Å². The van der Waals surface area contributed by atoms with Gasteiger partial charge in [-0.1, -0.05) is 16.9 Å². The monoisotopic (exact) mass is 359 g/mol. The van der Waals surface area contributed by atoms with Crippen molar-refractivity contribution in [1.82, 2.24) is 24.9 Å². The fraction of sp³-hybridized carbons (Fsp3) is 0.200. The Morgan fingerprint density at radius 1 is 1.29 bits per heavy atom. The van der Waals surface area contributed by atoms with E-state index >= 15 is 0 Å². The third kappa shape index (κ3) is 2.76. The molecule has 0 aliphatic carbocycles. The number of thiophene rings is 1. The number of rotatable bonds is 5. The van der Waals surface area contributed by atoms with Crippen LogP contribution in [0.5, 0.6) is 0 Å². The van der Waals surface area contributed by atoms with Crippen LogP contribution in [-0.2, 0) is 12.8 Å². The quantitative estimate of drug-likeness (QED) is 0.501. The Bertz CT molecular complexity index is 955. The molecule has 9 heteroatoms. The average Bonchev–Trinajstić information content (AvgIpc) is 3.33. The van der Waals surface area contributed by atoms with Crippen LogP contribution < -0.4 is 0 Å². The van der Waals surface area contributed by atoms with Crippen LogP contribution in [0.2, 0.25) is 0 Å². The number of furan rings is 1. The lowest BCUT2D eigenvalue weighted by molar-refractivity contribution is 0.391. The minimum absolute atomic E-state index is 0.535. The number of nitrogens with zero attached hydrogens (tertiary/aromatic N) is 5. The fourth-order valence-corrected chi connectivity index (χ4v) is 3.62. The molecule has 122 valence electrons. The summed E-state index contributed by atoms with van der Waals surface area (Å²) in [5.74, 6) is 3.30. The van der Waals surface area contributed by atoms with Gasteiger partial charge in [-0.25, -0.2) is 0 Å². The zero-order chi connectivity index (χ0) is 16.5. The summed E-state index contributed by atoms with van der Waals surface area (Å²) in [6, 6.07) is 3.85. The molecule has 4 rings (SSSR count). The topological polar surface area (TPSA) is 82.8 Å². The number of thioether (sulfide) groups is 1. The Kier molecular flexibility index (Phi) is 3.95. The summed E-state index contributed by atoms with van der Waals surface area (Å²) < 4.78 is 12.6. The molecule has 7 nitrogen and oxygen atoms in total. The Hall–Kier alpha value is -2.39. The molecule has 0 N–H and O–H groups in total. The normalized spacial score (nSPS) is 11.2. The van der Waals surface area contributed by atoms with Crippen molar-refractivity contribution < 1.29 is 8.94 Å². The standard InChI is InChI=1S/C15H13N5O2S2/c1-9-11(3-5-21-9)14-17-18-15(20(14)2)24-8-12-16-13(19-22-12)10-4-6-23-7-10/h3-7H,8H2,1-2H3. The van der Waals surface area contributed by atoms with Crippen LogP contribution in [0, 0.1) is 6.92 Å². The second-order valence-corrected chi connectivity index (χ2v) is 6.79. The molecular weight excluding hydrogens is 346 g/mol.